The van der Waals surface area contributed by atoms with Gasteiger partial charge in [0.15, 0.2) is 0 Å². The van der Waals surface area contributed by atoms with E-state index >= 15 is 0 Å². The highest BCUT2D eigenvalue weighted by atomic mass is 16.5. The maximum absolute atomic E-state index is 11.4. The Morgan fingerprint density at radius 2 is 2.50 bits per heavy atom. The van der Waals surface area contributed by atoms with Gasteiger partial charge in [0.1, 0.15) is 5.92 Å². The van der Waals surface area contributed by atoms with E-state index in [-0.39, 0.29) is 12.0 Å². The zero-order chi connectivity index (χ0) is 10.1. The van der Waals surface area contributed by atoms with Crippen molar-refractivity contribution in [2.75, 3.05) is 7.11 Å². The molecule has 1 aromatic rings. The van der Waals surface area contributed by atoms with Gasteiger partial charge in [-0.05, 0) is 18.1 Å². The molecule has 14 heavy (non-hydrogen) atoms. The van der Waals surface area contributed by atoms with Gasteiger partial charge in [-0.1, -0.05) is 6.07 Å². The second kappa shape index (κ2) is 3.38. The van der Waals surface area contributed by atoms with Crippen molar-refractivity contribution in [3.05, 3.63) is 29.6 Å². The van der Waals surface area contributed by atoms with Crippen molar-refractivity contribution in [3.63, 3.8) is 0 Å². The Balaban J connectivity index is 2.39. The highest BCUT2D eigenvalue weighted by Crippen LogP contribution is 2.30. The standard InChI is InChI=1S/C10H12N2O2/c1-14-10(13)8-7(11)5-6-3-2-4-12-9(6)8/h2-4,7-8H,5,11H2,1H3/t7-,8+/m1/s1. The van der Waals surface area contributed by atoms with Crippen molar-refractivity contribution in [1.82, 2.24) is 4.98 Å². The number of carbonyl (C=O) groups is 1. The van der Waals surface area contributed by atoms with E-state index in [4.69, 9.17) is 10.5 Å². The summed E-state index contributed by atoms with van der Waals surface area (Å²) in [5, 5.41) is 0. The number of hydrogen-bond donors (Lipinski definition) is 1. The van der Waals surface area contributed by atoms with Crippen molar-refractivity contribution < 1.29 is 9.53 Å². The van der Waals surface area contributed by atoms with Crippen LogP contribution in [0.3, 0.4) is 0 Å². The third-order valence-corrected chi connectivity index (χ3v) is 2.56. The zero-order valence-electron chi connectivity index (χ0n) is 7.93. The molecule has 0 bridgehead atoms. The molecule has 0 amide bonds. The summed E-state index contributed by atoms with van der Waals surface area (Å²) in [7, 11) is 1.37. The van der Waals surface area contributed by atoms with Gasteiger partial charge in [0, 0.05) is 12.2 Å². The monoisotopic (exact) mass is 192 g/mol. The van der Waals surface area contributed by atoms with Gasteiger partial charge in [-0.3, -0.25) is 9.78 Å². The van der Waals surface area contributed by atoms with Crippen LogP contribution >= 0.6 is 0 Å². The van der Waals surface area contributed by atoms with Crippen LogP contribution in [0.25, 0.3) is 0 Å². The van der Waals surface area contributed by atoms with Gasteiger partial charge >= 0.3 is 5.97 Å². The van der Waals surface area contributed by atoms with Crippen molar-refractivity contribution in [2.24, 2.45) is 5.73 Å². The van der Waals surface area contributed by atoms with Gasteiger partial charge in [0.2, 0.25) is 0 Å². The first kappa shape index (κ1) is 9.15. The van der Waals surface area contributed by atoms with E-state index < -0.39 is 5.92 Å². The summed E-state index contributed by atoms with van der Waals surface area (Å²) < 4.78 is 4.70. The number of carbonyl (C=O) groups excluding carboxylic acids is 1. The molecule has 4 nitrogen and oxygen atoms in total. The maximum atomic E-state index is 11.4. The Kier molecular flexibility index (Phi) is 2.21. The van der Waals surface area contributed by atoms with Crippen LogP contribution in [0.5, 0.6) is 0 Å². The first-order valence-electron chi connectivity index (χ1n) is 4.51. The molecule has 74 valence electrons. The number of nitrogens with zero attached hydrogens (tertiary/aromatic N) is 1. The second-order valence-corrected chi connectivity index (χ2v) is 3.42. The third kappa shape index (κ3) is 1.28. The molecule has 0 fully saturated rings. The minimum absolute atomic E-state index is 0.202. The Bertz CT molecular complexity index is 365. The lowest BCUT2D eigenvalue weighted by atomic mass is 10.0. The van der Waals surface area contributed by atoms with E-state index in [0.29, 0.717) is 6.42 Å². The average Bonchev–Trinajstić information content (AvgIpc) is 2.53. The van der Waals surface area contributed by atoms with E-state index in [0.717, 1.165) is 11.3 Å². The van der Waals surface area contributed by atoms with Crippen LogP contribution in [0.2, 0.25) is 0 Å². The fourth-order valence-corrected chi connectivity index (χ4v) is 1.89. The van der Waals surface area contributed by atoms with Crippen LogP contribution in [0, 0.1) is 0 Å². The molecule has 1 aliphatic rings. The van der Waals surface area contributed by atoms with Crippen LogP contribution in [0.4, 0.5) is 0 Å². The van der Waals surface area contributed by atoms with Gasteiger partial charge in [0.25, 0.3) is 0 Å². The maximum Gasteiger partial charge on any atom is 0.316 e. The molecule has 1 heterocycles. The van der Waals surface area contributed by atoms with Gasteiger partial charge < -0.3 is 10.5 Å². The highest BCUT2D eigenvalue weighted by Gasteiger charge is 2.37. The predicted molar refractivity (Wildman–Crippen MR) is 50.7 cm³/mol. The molecule has 0 spiro atoms. The lowest BCUT2D eigenvalue weighted by Crippen LogP contribution is -2.31. The molecular formula is C10H12N2O2. The number of aromatic nitrogens is 1. The molecule has 4 heteroatoms. The summed E-state index contributed by atoms with van der Waals surface area (Å²) in [5.74, 6) is -0.689. The van der Waals surface area contributed by atoms with Crippen molar-refractivity contribution >= 4 is 5.97 Å². The lowest BCUT2D eigenvalue weighted by Gasteiger charge is -2.12. The van der Waals surface area contributed by atoms with E-state index in [1.165, 1.54) is 7.11 Å². The smallest absolute Gasteiger partial charge is 0.316 e. The first-order valence-corrected chi connectivity index (χ1v) is 4.51. The van der Waals surface area contributed by atoms with E-state index in [1.807, 2.05) is 12.1 Å². The number of esters is 1. The van der Waals surface area contributed by atoms with E-state index in [9.17, 15) is 4.79 Å². The van der Waals surface area contributed by atoms with E-state index in [1.54, 1.807) is 6.20 Å². The van der Waals surface area contributed by atoms with Crippen LogP contribution < -0.4 is 5.73 Å². The molecule has 0 aliphatic heterocycles. The Morgan fingerprint density at radius 1 is 1.71 bits per heavy atom. The topological polar surface area (TPSA) is 65.2 Å². The fraction of sp³-hybridized carbons (Fsp3) is 0.400. The van der Waals surface area contributed by atoms with Crippen molar-refractivity contribution in [2.45, 2.75) is 18.4 Å². The van der Waals surface area contributed by atoms with Gasteiger partial charge in [-0.15, -0.1) is 0 Å². The largest absolute Gasteiger partial charge is 0.468 e. The number of nitrogens with two attached hydrogens (primary N) is 1. The second-order valence-electron chi connectivity index (χ2n) is 3.42. The normalized spacial score (nSPS) is 24.4. The quantitative estimate of drug-likeness (QED) is 0.646. The molecule has 2 atom stereocenters. The summed E-state index contributed by atoms with van der Waals surface area (Å²) in [6.07, 6.45) is 2.37. The molecule has 1 aliphatic carbocycles. The van der Waals surface area contributed by atoms with Crippen LogP contribution in [0.15, 0.2) is 18.3 Å². The summed E-state index contributed by atoms with van der Waals surface area (Å²) in [5.41, 5.74) is 7.69. The number of methoxy groups -OCH3 is 1. The molecule has 0 unspecified atom stereocenters. The van der Waals surface area contributed by atoms with Crippen molar-refractivity contribution in [3.8, 4) is 0 Å². The first-order chi connectivity index (χ1) is 6.74. The number of hydrogen-bond acceptors (Lipinski definition) is 4. The zero-order valence-corrected chi connectivity index (χ0v) is 7.93. The number of rotatable bonds is 1. The minimum Gasteiger partial charge on any atom is -0.468 e. The summed E-state index contributed by atoms with van der Waals surface area (Å²) in [4.78, 5) is 15.6. The molecule has 0 aromatic carbocycles. The number of pyridine rings is 1. The number of ether oxygens (including phenoxy) is 1. The Morgan fingerprint density at radius 3 is 3.21 bits per heavy atom. The van der Waals surface area contributed by atoms with Crippen LogP contribution in [0.1, 0.15) is 17.2 Å². The van der Waals surface area contributed by atoms with Gasteiger partial charge in [0.05, 0.1) is 12.8 Å². The molecular weight excluding hydrogens is 180 g/mol. The van der Waals surface area contributed by atoms with E-state index in [2.05, 4.69) is 4.98 Å². The summed E-state index contributed by atoms with van der Waals surface area (Å²) in [6.45, 7) is 0. The molecule has 0 radical (unpaired) electrons. The summed E-state index contributed by atoms with van der Waals surface area (Å²) >= 11 is 0. The average molecular weight is 192 g/mol. The third-order valence-electron chi connectivity index (χ3n) is 2.56. The highest BCUT2D eigenvalue weighted by molar-refractivity contribution is 5.80. The Hall–Kier alpha value is -1.42. The SMILES string of the molecule is COC(=O)[C@@H]1c2ncccc2C[C@H]1N. The lowest BCUT2D eigenvalue weighted by molar-refractivity contribution is -0.142. The fourth-order valence-electron chi connectivity index (χ4n) is 1.89. The minimum atomic E-state index is -0.392. The Labute approximate surface area is 82.1 Å². The number of fused-ring (bicyclic) bond motifs is 1. The molecule has 1 aromatic heterocycles. The summed E-state index contributed by atoms with van der Waals surface area (Å²) in [6, 6.07) is 3.60. The van der Waals surface area contributed by atoms with Crippen molar-refractivity contribution in [1.29, 1.82) is 0 Å². The van der Waals surface area contributed by atoms with Crippen LogP contribution in [-0.4, -0.2) is 24.1 Å². The van der Waals surface area contributed by atoms with Crippen LogP contribution in [-0.2, 0) is 16.0 Å². The molecule has 2 N–H and O–H groups in total. The molecule has 0 saturated carbocycles. The molecule has 0 saturated heterocycles. The van der Waals surface area contributed by atoms with Gasteiger partial charge in [-0.25, -0.2) is 0 Å². The predicted octanol–water partition coefficient (Wildman–Crippen LogP) is 0.222. The molecule has 2 rings (SSSR count). The van der Waals surface area contributed by atoms with Gasteiger partial charge in [-0.2, -0.15) is 0 Å².